The zero-order valence-corrected chi connectivity index (χ0v) is 21.0. The maximum absolute atomic E-state index is 16.0. The third-order valence-corrected chi connectivity index (χ3v) is 6.08. The Morgan fingerprint density at radius 1 is 1.13 bits per heavy atom. The number of nitrogens with one attached hydrogen (secondary N) is 3. The number of aryl methyl sites for hydroxylation is 1. The van der Waals surface area contributed by atoms with E-state index in [1.807, 2.05) is 33.9 Å². The minimum atomic E-state index is -0.591. The summed E-state index contributed by atoms with van der Waals surface area (Å²) in [7, 11) is 0. The molecule has 0 spiro atoms. The first kappa shape index (κ1) is 23.4. The van der Waals surface area contributed by atoms with Crippen molar-refractivity contribution in [1.82, 2.24) is 44.7 Å². The number of nitrogens with zero attached hydrogens (tertiary/aromatic N) is 7. The van der Waals surface area contributed by atoms with Gasteiger partial charge in [-0.1, -0.05) is 20.8 Å². The van der Waals surface area contributed by atoms with E-state index in [-0.39, 0.29) is 22.5 Å². The Kier molecular flexibility index (Phi) is 5.26. The Balaban J connectivity index is 1.44. The number of hydrogen-bond acceptors (Lipinski definition) is 7. The molecule has 190 valence electrons. The van der Waals surface area contributed by atoms with Gasteiger partial charge >= 0.3 is 0 Å². The Morgan fingerprint density at radius 2 is 1.97 bits per heavy atom. The summed E-state index contributed by atoms with van der Waals surface area (Å²) >= 11 is 0. The van der Waals surface area contributed by atoms with Gasteiger partial charge in [-0.3, -0.25) is 19.4 Å². The first-order valence-electron chi connectivity index (χ1n) is 11.8. The van der Waals surface area contributed by atoms with E-state index in [9.17, 15) is 4.79 Å². The van der Waals surface area contributed by atoms with Crippen molar-refractivity contribution in [3.8, 4) is 28.5 Å². The van der Waals surface area contributed by atoms with Crippen molar-refractivity contribution in [3.63, 3.8) is 0 Å². The number of fused-ring (bicyclic) bond motifs is 2. The second kappa shape index (κ2) is 8.54. The Hall–Kier alpha value is -5.00. The van der Waals surface area contributed by atoms with Crippen molar-refractivity contribution in [2.24, 2.45) is 5.41 Å². The fourth-order valence-electron chi connectivity index (χ4n) is 4.06. The third-order valence-electron chi connectivity index (χ3n) is 6.08. The molecule has 6 aromatic heterocycles. The molecule has 6 rings (SSSR count). The number of aromatic nitrogens is 9. The SMILES string of the molecule is Cc1cn(-c2nccc3[nH]c(-c4[nH]nc5ncc(-c6cncc(NC(=O)C(C)(C)C)c6)c(F)c45)nc23)cn1. The molecule has 6 heterocycles. The van der Waals surface area contributed by atoms with Crippen LogP contribution in [0.1, 0.15) is 26.5 Å². The van der Waals surface area contributed by atoms with E-state index in [4.69, 9.17) is 4.98 Å². The number of rotatable bonds is 4. The monoisotopic (exact) mass is 510 g/mol. The van der Waals surface area contributed by atoms with Crippen molar-refractivity contribution in [1.29, 1.82) is 0 Å². The lowest BCUT2D eigenvalue weighted by Gasteiger charge is -2.17. The lowest BCUT2D eigenvalue weighted by atomic mass is 9.95. The van der Waals surface area contributed by atoms with Crippen molar-refractivity contribution in [2.45, 2.75) is 27.7 Å². The average molecular weight is 511 g/mol. The molecule has 0 aliphatic heterocycles. The molecule has 3 N–H and O–H groups in total. The van der Waals surface area contributed by atoms with E-state index in [2.05, 4.69) is 40.4 Å². The summed E-state index contributed by atoms with van der Waals surface area (Å²) < 4.78 is 17.8. The van der Waals surface area contributed by atoms with Crippen LogP contribution in [0.5, 0.6) is 0 Å². The first-order valence-corrected chi connectivity index (χ1v) is 11.8. The smallest absolute Gasteiger partial charge is 0.229 e. The number of aromatic amines is 2. The number of H-pyrrole nitrogens is 2. The predicted octanol–water partition coefficient (Wildman–Crippen LogP) is 4.58. The molecule has 0 atom stereocenters. The summed E-state index contributed by atoms with van der Waals surface area (Å²) in [5.74, 6) is 0.265. The van der Waals surface area contributed by atoms with Gasteiger partial charge in [-0.2, -0.15) is 5.10 Å². The second-order valence-electron chi connectivity index (χ2n) is 9.99. The maximum Gasteiger partial charge on any atom is 0.229 e. The third kappa shape index (κ3) is 3.95. The van der Waals surface area contributed by atoms with Crippen LogP contribution in [0.4, 0.5) is 10.1 Å². The topological polar surface area (TPSA) is 143 Å². The molecule has 1 amide bonds. The Morgan fingerprint density at radius 3 is 2.74 bits per heavy atom. The van der Waals surface area contributed by atoms with Crippen LogP contribution in [0.3, 0.4) is 0 Å². The number of imidazole rings is 2. The average Bonchev–Trinajstić information content (AvgIpc) is 3.61. The molecule has 0 radical (unpaired) electrons. The van der Waals surface area contributed by atoms with Crippen LogP contribution in [0.25, 0.3) is 50.5 Å². The molecular weight excluding hydrogens is 487 g/mol. The van der Waals surface area contributed by atoms with Crippen LogP contribution in [-0.2, 0) is 4.79 Å². The maximum atomic E-state index is 16.0. The van der Waals surface area contributed by atoms with E-state index in [1.165, 1.54) is 18.6 Å². The largest absolute Gasteiger partial charge is 0.336 e. The number of carbonyl (C=O) groups is 1. The lowest BCUT2D eigenvalue weighted by Crippen LogP contribution is -2.27. The van der Waals surface area contributed by atoms with E-state index in [0.717, 1.165) is 11.2 Å². The molecule has 6 aromatic rings. The van der Waals surface area contributed by atoms with Crippen molar-refractivity contribution >= 4 is 33.7 Å². The number of hydrogen-bond donors (Lipinski definition) is 3. The highest BCUT2D eigenvalue weighted by molar-refractivity contribution is 5.96. The van der Waals surface area contributed by atoms with Gasteiger partial charge in [0, 0.05) is 41.3 Å². The van der Waals surface area contributed by atoms with Gasteiger partial charge < -0.3 is 10.3 Å². The fourth-order valence-corrected chi connectivity index (χ4v) is 4.06. The Bertz CT molecular complexity index is 1840. The van der Waals surface area contributed by atoms with Gasteiger partial charge in [0.15, 0.2) is 17.3 Å². The summed E-state index contributed by atoms with van der Waals surface area (Å²) in [5, 5.41) is 10.1. The van der Waals surface area contributed by atoms with Crippen molar-refractivity contribution < 1.29 is 9.18 Å². The summed E-state index contributed by atoms with van der Waals surface area (Å²) in [6, 6.07) is 3.45. The normalized spacial score (nSPS) is 11.9. The molecule has 0 bridgehead atoms. The highest BCUT2D eigenvalue weighted by atomic mass is 19.1. The number of carbonyl (C=O) groups excluding carboxylic acids is 1. The zero-order chi connectivity index (χ0) is 26.6. The summed E-state index contributed by atoms with van der Waals surface area (Å²) in [6.07, 6.45) is 9.62. The first-order chi connectivity index (χ1) is 18.2. The summed E-state index contributed by atoms with van der Waals surface area (Å²) in [4.78, 5) is 37.6. The molecule has 0 fully saturated rings. The highest BCUT2D eigenvalue weighted by Crippen LogP contribution is 2.33. The molecule has 0 saturated carbocycles. The van der Waals surface area contributed by atoms with Gasteiger partial charge in [0.25, 0.3) is 0 Å². The molecule has 0 aliphatic carbocycles. The number of halogens is 1. The van der Waals surface area contributed by atoms with Crippen LogP contribution >= 0.6 is 0 Å². The van der Waals surface area contributed by atoms with Crippen LogP contribution < -0.4 is 5.32 Å². The zero-order valence-electron chi connectivity index (χ0n) is 21.0. The van der Waals surface area contributed by atoms with E-state index in [1.54, 1.807) is 29.2 Å². The minimum Gasteiger partial charge on any atom is -0.336 e. The van der Waals surface area contributed by atoms with Crippen LogP contribution in [0.2, 0.25) is 0 Å². The Labute approximate surface area is 215 Å². The quantitative estimate of drug-likeness (QED) is 0.315. The molecule has 38 heavy (non-hydrogen) atoms. The molecule has 11 nitrogen and oxygen atoms in total. The van der Waals surface area contributed by atoms with Crippen LogP contribution in [0, 0.1) is 18.2 Å². The number of amides is 1. The summed E-state index contributed by atoms with van der Waals surface area (Å²) in [5.41, 5.74) is 3.25. The fraction of sp³-hybridized carbons (Fsp3) is 0.192. The molecule has 12 heteroatoms. The second-order valence-corrected chi connectivity index (χ2v) is 9.99. The number of anilines is 1. The van der Waals surface area contributed by atoms with Gasteiger partial charge in [0.1, 0.15) is 23.4 Å². The van der Waals surface area contributed by atoms with Crippen LogP contribution in [-0.4, -0.2) is 50.6 Å². The van der Waals surface area contributed by atoms with E-state index in [0.29, 0.717) is 34.1 Å². The molecule has 0 aliphatic rings. The summed E-state index contributed by atoms with van der Waals surface area (Å²) in [6.45, 7) is 7.32. The van der Waals surface area contributed by atoms with Gasteiger partial charge in [0.05, 0.1) is 28.5 Å². The highest BCUT2D eigenvalue weighted by Gasteiger charge is 2.23. The van der Waals surface area contributed by atoms with Gasteiger partial charge in [-0.05, 0) is 19.1 Å². The molecular formula is C26H23FN10O. The molecule has 0 saturated heterocycles. The van der Waals surface area contributed by atoms with Gasteiger partial charge in [-0.25, -0.2) is 24.3 Å². The molecule has 0 aromatic carbocycles. The van der Waals surface area contributed by atoms with E-state index < -0.39 is 11.2 Å². The van der Waals surface area contributed by atoms with E-state index >= 15 is 4.39 Å². The van der Waals surface area contributed by atoms with Crippen LogP contribution in [0.15, 0.2) is 49.4 Å². The molecule has 0 unspecified atom stereocenters. The van der Waals surface area contributed by atoms with Gasteiger partial charge in [-0.15, -0.1) is 0 Å². The van der Waals surface area contributed by atoms with Gasteiger partial charge in [0.2, 0.25) is 5.91 Å². The lowest BCUT2D eigenvalue weighted by molar-refractivity contribution is -0.123. The predicted molar refractivity (Wildman–Crippen MR) is 140 cm³/mol. The standard InChI is InChI=1S/C26H23FN10O/c1-13-11-37(12-31-13)24-20-17(5-6-29-24)33-23(34-20)21-18-19(27)16(10-30-22(18)36-35-21)14-7-15(9-28-8-14)32-25(38)26(2,3)4/h5-12H,1-4H3,(H,32,38)(H,33,34)(H,30,35,36). The van der Waals surface area contributed by atoms with Crippen molar-refractivity contribution in [2.75, 3.05) is 5.32 Å². The van der Waals surface area contributed by atoms with Crippen molar-refractivity contribution in [3.05, 3.63) is 61.0 Å². The number of pyridine rings is 3. The minimum absolute atomic E-state index is 0.174.